The molecule has 0 amide bonds. The second-order valence-electron chi connectivity index (χ2n) is 3.98. The van der Waals surface area contributed by atoms with Gasteiger partial charge in [0.15, 0.2) is 0 Å². The smallest absolute Gasteiger partial charge is 0.137 e. The van der Waals surface area contributed by atoms with Gasteiger partial charge < -0.3 is 0 Å². The van der Waals surface area contributed by atoms with Crippen LogP contribution in [0.2, 0.25) is 10.2 Å². The molecular weight excluding hydrogens is 265 g/mol. The number of halogens is 2. The second-order valence-corrected chi connectivity index (χ2v) is 4.71. The van der Waals surface area contributed by atoms with E-state index in [-0.39, 0.29) is 0 Å². The van der Waals surface area contributed by atoms with Crippen molar-refractivity contribution in [2.45, 2.75) is 0 Å². The van der Waals surface area contributed by atoms with E-state index in [0.29, 0.717) is 10.2 Å². The van der Waals surface area contributed by atoms with Crippen molar-refractivity contribution in [1.29, 1.82) is 0 Å². The molecular formula is C15H9Cl2N. The van der Waals surface area contributed by atoms with Crippen LogP contribution >= 0.6 is 23.2 Å². The molecule has 3 rings (SSSR count). The van der Waals surface area contributed by atoms with E-state index in [2.05, 4.69) is 4.98 Å². The van der Waals surface area contributed by atoms with Gasteiger partial charge in [0.05, 0.1) is 10.7 Å². The highest BCUT2D eigenvalue weighted by Crippen LogP contribution is 2.35. The molecule has 0 N–H and O–H groups in total. The third-order valence-electron chi connectivity index (χ3n) is 2.85. The van der Waals surface area contributed by atoms with Crippen molar-refractivity contribution >= 4 is 34.0 Å². The molecule has 0 aliphatic rings. The van der Waals surface area contributed by atoms with Crippen molar-refractivity contribution in [2.24, 2.45) is 0 Å². The number of aromatic nitrogens is 1. The molecule has 0 spiro atoms. The van der Waals surface area contributed by atoms with Crippen LogP contribution in [0.25, 0.3) is 22.0 Å². The number of hydrogen-bond donors (Lipinski definition) is 0. The van der Waals surface area contributed by atoms with Gasteiger partial charge in [0.1, 0.15) is 5.15 Å². The standard InChI is InChI=1S/C15H9Cl2N/c16-13-11-8-4-5-9-12(11)15(17)18-14(13)10-6-2-1-3-7-10/h1-9H. The molecule has 0 bridgehead atoms. The van der Waals surface area contributed by atoms with Crippen molar-refractivity contribution in [3.05, 3.63) is 64.8 Å². The average molecular weight is 274 g/mol. The van der Waals surface area contributed by atoms with Gasteiger partial charge in [0, 0.05) is 16.3 Å². The summed E-state index contributed by atoms with van der Waals surface area (Å²) in [7, 11) is 0. The zero-order valence-electron chi connectivity index (χ0n) is 9.40. The van der Waals surface area contributed by atoms with E-state index in [4.69, 9.17) is 23.2 Å². The van der Waals surface area contributed by atoms with E-state index in [1.807, 2.05) is 54.6 Å². The van der Waals surface area contributed by atoms with E-state index in [0.717, 1.165) is 22.0 Å². The highest BCUT2D eigenvalue weighted by Gasteiger charge is 2.12. The monoisotopic (exact) mass is 273 g/mol. The summed E-state index contributed by atoms with van der Waals surface area (Å²) in [6, 6.07) is 17.6. The van der Waals surface area contributed by atoms with Gasteiger partial charge in [-0.05, 0) is 0 Å². The molecule has 0 saturated heterocycles. The zero-order valence-corrected chi connectivity index (χ0v) is 10.9. The summed E-state index contributed by atoms with van der Waals surface area (Å²) < 4.78 is 0. The van der Waals surface area contributed by atoms with Gasteiger partial charge in [-0.1, -0.05) is 77.8 Å². The van der Waals surface area contributed by atoms with E-state index in [9.17, 15) is 0 Å². The van der Waals surface area contributed by atoms with Crippen LogP contribution in [0.3, 0.4) is 0 Å². The largest absolute Gasteiger partial charge is 0.234 e. The van der Waals surface area contributed by atoms with Gasteiger partial charge in [0.2, 0.25) is 0 Å². The highest BCUT2D eigenvalue weighted by atomic mass is 35.5. The molecule has 88 valence electrons. The van der Waals surface area contributed by atoms with Crippen molar-refractivity contribution in [3.63, 3.8) is 0 Å². The first-order valence-electron chi connectivity index (χ1n) is 5.56. The van der Waals surface area contributed by atoms with Gasteiger partial charge in [-0.2, -0.15) is 0 Å². The van der Waals surface area contributed by atoms with E-state index in [1.54, 1.807) is 0 Å². The van der Waals surface area contributed by atoms with E-state index >= 15 is 0 Å². The SMILES string of the molecule is Clc1nc(-c2ccccc2)c(Cl)c2ccccc12. The number of rotatable bonds is 1. The Bertz CT molecular complexity index is 708. The molecule has 3 heteroatoms. The van der Waals surface area contributed by atoms with Gasteiger partial charge >= 0.3 is 0 Å². The van der Waals surface area contributed by atoms with Crippen LogP contribution in [-0.2, 0) is 0 Å². The Labute approximate surface area is 115 Å². The number of hydrogen-bond acceptors (Lipinski definition) is 1. The average Bonchev–Trinajstić information content (AvgIpc) is 2.44. The molecule has 3 aromatic rings. The Balaban J connectivity index is 2.35. The predicted molar refractivity (Wildman–Crippen MR) is 77.2 cm³/mol. The Morgan fingerprint density at radius 3 is 2.06 bits per heavy atom. The Kier molecular flexibility index (Phi) is 2.94. The molecule has 18 heavy (non-hydrogen) atoms. The molecule has 0 aliphatic carbocycles. The molecule has 1 heterocycles. The predicted octanol–water partition coefficient (Wildman–Crippen LogP) is 5.21. The van der Waals surface area contributed by atoms with Crippen LogP contribution < -0.4 is 0 Å². The van der Waals surface area contributed by atoms with E-state index in [1.165, 1.54) is 0 Å². The zero-order chi connectivity index (χ0) is 12.5. The fourth-order valence-electron chi connectivity index (χ4n) is 1.98. The molecule has 0 unspecified atom stereocenters. The molecule has 2 aromatic carbocycles. The summed E-state index contributed by atoms with van der Waals surface area (Å²) in [4.78, 5) is 4.40. The van der Waals surface area contributed by atoms with Crippen molar-refractivity contribution < 1.29 is 0 Å². The van der Waals surface area contributed by atoms with Gasteiger partial charge in [-0.15, -0.1) is 0 Å². The Morgan fingerprint density at radius 2 is 1.33 bits per heavy atom. The van der Waals surface area contributed by atoms with Gasteiger partial charge in [-0.3, -0.25) is 0 Å². The molecule has 0 saturated carbocycles. The fraction of sp³-hybridized carbons (Fsp3) is 0. The fourth-order valence-corrected chi connectivity index (χ4v) is 2.54. The lowest BCUT2D eigenvalue weighted by Gasteiger charge is -2.08. The van der Waals surface area contributed by atoms with Crippen LogP contribution in [0.1, 0.15) is 0 Å². The first kappa shape index (κ1) is 11.5. The van der Waals surface area contributed by atoms with E-state index < -0.39 is 0 Å². The number of nitrogens with zero attached hydrogens (tertiary/aromatic N) is 1. The topological polar surface area (TPSA) is 12.9 Å². The number of fused-ring (bicyclic) bond motifs is 1. The minimum atomic E-state index is 0.480. The lowest BCUT2D eigenvalue weighted by Crippen LogP contribution is -1.88. The lowest BCUT2D eigenvalue weighted by molar-refractivity contribution is 1.35. The summed E-state index contributed by atoms with van der Waals surface area (Å²) >= 11 is 12.6. The molecule has 1 aromatic heterocycles. The maximum atomic E-state index is 6.43. The molecule has 0 radical (unpaired) electrons. The van der Waals surface area contributed by atoms with Crippen LogP contribution in [0.5, 0.6) is 0 Å². The summed E-state index contributed by atoms with van der Waals surface area (Å²) in [5.41, 5.74) is 1.69. The second kappa shape index (κ2) is 4.60. The van der Waals surface area contributed by atoms with Crippen LogP contribution in [0, 0.1) is 0 Å². The first-order chi connectivity index (χ1) is 8.77. The van der Waals surface area contributed by atoms with Crippen LogP contribution in [0.15, 0.2) is 54.6 Å². The van der Waals surface area contributed by atoms with Crippen molar-refractivity contribution in [2.75, 3.05) is 0 Å². The quantitative estimate of drug-likeness (QED) is 0.555. The maximum Gasteiger partial charge on any atom is 0.137 e. The lowest BCUT2D eigenvalue weighted by atomic mass is 10.1. The molecule has 1 nitrogen and oxygen atoms in total. The summed E-state index contributed by atoms with van der Waals surface area (Å²) in [5, 5.41) is 2.93. The maximum absolute atomic E-state index is 6.43. The van der Waals surface area contributed by atoms with Gasteiger partial charge in [-0.25, -0.2) is 4.98 Å². The number of pyridine rings is 1. The third-order valence-corrected chi connectivity index (χ3v) is 3.52. The molecule has 0 aliphatic heterocycles. The summed E-state index contributed by atoms with van der Waals surface area (Å²) in [5.74, 6) is 0. The normalized spacial score (nSPS) is 10.8. The minimum absolute atomic E-state index is 0.480. The molecule has 0 atom stereocenters. The van der Waals surface area contributed by atoms with Crippen LogP contribution in [-0.4, -0.2) is 4.98 Å². The Morgan fingerprint density at radius 1 is 0.722 bits per heavy atom. The van der Waals surface area contributed by atoms with Gasteiger partial charge in [0.25, 0.3) is 0 Å². The first-order valence-corrected chi connectivity index (χ1v) is 6.32. The molecule has 0 fully saturated rings. The van der Waals surface area contributed by atoms with Crippen molar-refractivity contribution in [1.82, 2.24) is 4.98 Å². The minimum Gasteiger partial charge on any atom is -0.234 e. The third kappa shape index (κ3) is 1.86. The Hall–Kier alpha value is -1.57. The number of benzene rings is 2. The summed E-state index contributed by atoms with van der Waals surface area (Å²) in [6.07, 6.45) is 0. The van der Waals surface area contributed by atoms with Crippen LogP contribution in [0.4, 0.5) is 0 Å². The summed E-state index contributed by atoms with van der Waals surface area (Å²) in [6.45, 7) is 0. The highest BCUT2D eigenvalue weighted by molar-refractivity contribution is 6.41. The van der Waals surface area contributed by atoms with Crippen molar-refractivity contribution in [3.8, 4) is 11.3 Å².